The van der Waals surface area contributed by atoms with E-state index in [0.29, 0.717) is 10.3 Å². The highest BCUT2D eigenvalue weighted by Gasteiger charge is 2.35. The Morgan fingerprint density at radius 2 is 2.26 bits per heavy atom. The fourth-order valence-corrected chi connectivity index (χ4v) is 2.87. The van der Waals surface area contributed by atoms with Gasteiger partial charge in [0.2, 0.25) is 5.82 Å². The van der Waals surface area contributed by atoms with Crippen molar-refractivity contribution in [1.29, 1.82) is 0 Å². The van der Waals surface area contributed by atoms with E-state index in [1.54, 1.807) is 6.20 Å². The number of nitrogens with one attached hydrogen (secondary N) is 1. The lowest BCUT2D eigenvalue weighted by Gasteiger charge is -2.16. The van der Waals surface area contributed by atoms with Crippen LogP contribution in [0.5, 0.6) is 0 Å². The molecule has 1 atom stereocenters. The molecule has 3 rings (SSSR count). The molecule has 7 heteroatoms. The number of nitrogens with zero attached hydrogens (tertiary/aromatic N) is 3. The predicted octanol–water partition coefficient (Wildman–Crippen LogP) is 2.40. The van der Waals surface area contributed by atoms with Crippen molar-refractivity contribution in [2.75, 3.05) is 18.4 Å². The number of nitro groups is 1. The lowest BCUT2D eigenvalue weighted by atomic mass is 10.2. The van der Waals surface area contributed by atoms with Gasteiger partial charge < -0.3 is 5.32 Å². The van der Waals surface area contributed by atoms with E-state index in [1.807, 2.05) is 0 Å². The maximum Gasteiger partial charge on any atom is 0.312 e. The SMILES string of the molecule is O=[N+]([O-])c1cc(Br)cnc1NC1CCN(C2CC2)C1. The van der Waals surface area contributed by atoms with Crippen molar-refractivity contribution in [1.82, 2.24) is 9.88 Å². The summed E-state index contributed by atoms with van der Waals surface area (Å²) in [5, 5.41) is 14.2. The van der Waals surface area contributed by atoms with Crippen LogP contribution in [0.15, 0.2) is 16.7 Å². The first-order valence-electron chi connectivity index (χ1n) is 6.44. The fraction of sp³-hybridized carbons (Fsp3) is 0.583. The molecule has 1 saturated carbocycles. The van der Waals surface area contributed by atoms with E-state index in [-0.39, 0.29) is 11.7 Å². The predicted molar refractivity (Wildman–Crippen MR) is 75.2 cm³/mol. The molecule has 0 spiro atoms. The molecule has 1 aromatic rings. The van der Waals surface area contributed by atoms with Crippen molar-refractivity contribution in [3.05, 3.63) is 26.9 Å². The molecule has 2 fully saturated rings. The molecule has 0 bridgehead atoms. The molecule has 1 aliphatic heterocycles. The molecule has 1 unspecified atom stereocenters. The molecule has 1 N–H and O–H groups in total. The van der Waals surface area contributed by atoms with Crippen LogP contribution in [0.3, 0.4) is 0 Å². The summed E-state index contributed by atoms with van der Waals surface area (Å²) >= 11 is 3.21. The normalized spacial score (nSPS) is 23.5. The molecule has 0 aromatic carbocycles. The van der Waals surface area contributed by atoms with Crippen LogP contribution < -0.4 is 5.32 Å². The summed E-state index contributed by atoms with van der Waals surface area (Å²) in [4.78, 5) is 17.2. The molecule has 0 radical (unpaired) electrons. The quantitative estimate of drug-likeness (QED) is 0.679. The van der Waals surface area contributed by atoms with Gasteiger partial charge in [0.25, 0.3) is 0 Å². The molecule has 102 valence electrons. The van der Waals surface area contributed by atoms with Gasteiger partial charge in [-0.3, -0.25) is 15.0 Å². The highest BCUT2D eigenvalue weighted by molar-refractivity contribution is 9.10. The van der Waals surface area contributed by atoms with Gasteiger partial charge in [0.05, 0.1) is 4.92 Å². The Hall–Kier alpha value is -1.21. The van der Waals surface area contributed by atoms with Crippen molar-refractivity contribution in [2.24, 2.45) is 0 Å². The maximum atomic E-state index is 11.0. The van der Waals surface area contributed by atoms with Crippen molar-refractivity contribution in [2.45, 2.75) is 31.3 Å². The summed E-state index contributed by atoms with van der Waals surface area (Å²) in [5.74, 6) is 0.371. The van der Waals surface area contributed by atoms with E-state index in [9.17, 15) is 10.1 Å². The average molecular weight is 327 g/mol. The fourth-order valence-electron chi connectivity index (χ4n) is 2.55. The zero-order chi connectivity index (χ0) is 13.4. The van der Waals surface area contributed by atoms with Crippen LogP contribution in [0.2, 0.25) is 0 Å². The van der Waals surface area contributed by atoms with Gasteiger partial charge in [-0.15, -0.1) is 0 Å². The smallest absolute Gasteiger partial charge is 0.312 e. The average Bonchev–Trinajstić information content (AvgIpc) is 3.12. The van der Waals surface area contributed by atoms with Crippen molar-refractivity contribution in [3.63, 3.8) is 0 Å². The Bertz CT molecular complexity index is 507. The van der Waals surface area contributed by atoms with Gasteiger partial charge in [0.1, 0.15) is 0 Å². The van der Waals surface area contributed by atoms with Crippen LogP contribution in [0.4, 0.5) is 11.5 Å². The Morgan fingerprint density at radius 1 is 1.47 bits per heavy atom. The molecule has 2 heterocycles. The molecule has 6 nitrogen and oxygen atoms in total. The van der Waals surface area contributed by atoms with Crippen LogP contribution in [0.25, 0.3) is 0 Å². The monoisotopic (exact) mass is 326 g/mol. The molecule has 1 aromatic heterocycles. The van der Waals surface area contributed by atoms with Gasteiger partial charge >= 0.3 is 5.69 Å². The van der Waals surface area contributed by atoms with E-state index in [4.69, 9.17) is 0 Å². The van der Waals surface area contributed by atoms with Crippen LogP contribution in [0, 0.1) is 10.1 Å². The summed E-state index contributed by atoms with van der Waals surface area (Å²) in [6.45, 7) is 2.03. The Morgan fingerprint density at radius 3 is 2.95 bits per heavy atom. The maximum absolute atomic E-state index is 11.0. The molecular weight excluding hydrogens is 312 g/mol. The first kappa shape index (κ1) is 12.8. The number of pyridine rings is 1. The standard InChI is InChI=1S/C12H15BrN4O2/c13-8-5-11(17(18)19)12(14-6-8)15-9-3-4-16(7-9)10-1-2-10/h5-6,9-10H,1-4,7H2,(H,14,15). The largest absolute Gasteiger partial charge is 0.360 e. The van der Waals surface area contributed by atoms with E-state index >= 15 is 0 Å². The third kappa shape index (κ3) is 2.87. The lowest BCUT2D eigenvalue weighted by molar-refractivity contribution is -0.384. The van der Waals surface area contributed by atoms with Crippen LogP contribution in [-0.4, -0.2) is 40.0 Å². The first-order valence-corrected chi connectivity index (χ1v) is 7.23. The van der Waals surface area contributed by atoms with Crippen molar-refractivity contribution >= 4 is 27.4 Å². The summed E-state index contributed by atoms with van der Waals surface area (Å²) in [6, 6.07) is 2.50. The first-order chi connectivity index (χ1) is 9.13. The van der Waals surface area contributed by atoms with E-state index < -0.39 is 4.92 Å². The summed E-state index contributed by atoms with van der Waals surface area (Å²) < 4.78 is 0.621. The Kier molecular flexibility index (Phi) is 3.40. The van der Waals surface area contributed by atoms with Crippen LogP contribution in [-0.2, 0) is 0 Å². The highest BCUT2D eigenvalue weighted by atomic mass is 79.9. The van der Waals surface area contributed by atoms with Gasteiger partial charge in [0, 0.05) is 41.9 Å². The molecule has 1 saturated heterocycles. The van der Waals surface area contributed by atoms with Gasteiger partial charge in [-0.1, -0.05) is 0 Å². The molecule has 1 aliphatic carbocycles. The highest BCUT2D eigenvalue weighted by Crippen LogP contribution is 2.32. The number of anilines is 1. The van der Waals surface area contributed by atoms with Gasteiger partial charge in [0.15, 0.2) is 0 Å². The third-order valence-corrected chi connectivity index (χ3v) is 4.09. The molecule has 0 amide bonds. The van der Waals surface area contributed by atoms with E-state index in [0.717, 1.165) is 25.6 Å². The molecule has 19 heavy (non-hydrogen) atoms. The lowest BCUT2D eigenvalue weighted by Crippen LogP contribution is -2.28. The minimum absolute atomic E-state index is 0.0271. The molecular formula is C12H15BrN4O2. The number of rotatable bonds is 4. The van der Waals surface area contributed by atoms with E-state index in [1.165, 1.54) is 18.9 Å². The van der Waals surface area contributed by atoms with Gasteiger partial charge in [-0.2, -0.15) is 0 Å². The minimum Gasteiger partial charge on any atom is -0.360 e. The topological polar surface area (TPSA) is 71.3 Å². The second-order valence-electron chi connectivity index (χ2n) is 5.13. The Labute approximate surface area is 119 Å². The summed E-state index contributed by atoms with van der Waals surface area (Å²) in [7, 11) is 0. The van der Waals surface area contributed by atoms with E-state index in [2.05, 4.69) is 31.1 Å². The van der Waals surface area contributed by atoms with Crippen LogP contribution >= 0.6 is 15.9 Å². The summed E-state index contributed by atoms with van der Waals surface area (Å²) in [6.07, 6.45) is 5.20. The number of aromatic nitrogens is 1. The molecule has 2 aliphatic rings. The number of likely N-dealkylation sites (tertiary alicyclic amines) is 1. The minimum atomic E-state index is -0.395. The zero-order valence-electron chi connectivity index (χ0n) is 10.4. The second-order valence-corrected chi connectivity index (χ2v) is 6.05. The van der Waals surface area contributed by atoms with Crippen LogP contribution in [0.1, 0.15) is 19.3 Å². The number of halogens is 1. The number of hydrogen-bond donors (Lipinski definition) is 1. The van der Waals surface area contributed by atoms with Gasteiger partial charge in [-0.25, -0.2) is 4.98 Å². The number of hydrogen-bond acceptors (Lipinski definition) is 5. The summed E-state index contributed by atoms with van der Waals surface area (Å²) in [5.41, 5.74) is 0.0271. The zero-order valence-corrected chi connectivity index (χ0v) is 12.0. The van der Waals surface area contributed by atoms with Crippen molar-refractivity contribution in [3.8, 4) is 0 Å². The second kappa shape index (κ2) is 5.05. The Balaban J connectivity index is 1.71. The van der Waals surface area contributed by atoms with Gasteiger partial charge in [-0.05, 0) is 35.2 Å². The third-order valence-electron chi connectivity index (χ3n) is 3.65. The van der Waals surface area contributed by atoms with Crippen molar-refractivity contribution < 1.29 is 4.92 Å².